The molecular weight excluding hydrogens is 477 g/mol. The Morgan fingerprint density at radius 1 is 1.15 bits per heavy atom. The number of aromatic hydroxyl groups is 1. The van der Waals surface area contributed by atoms with Crippen LogP contribution in [0, 0.1) is 0 Å². The number of hydrogen-bond acceptors (Lipinski definition) is 5. The summed E-state index contributed by atoms with van der Waals surface area (Å²) in [4.78, 5) is 15.0. The maximum atomic E-state index is 13.4. The van der Waals surface area contributed by atoms with Crippen LogP contribution >= 0.6 is 23.4 Å². The van der Waals surface area contributed by atoms with Gasteiger partial charge in [0.15, 0.2) is 0 Å². The average Bonchev–Trinajstić information content (AvgIpc) is 2.76. The summed E-state index contributed by atoms with van der Waals surface area (Å²) < 4.78 is 40.3. The van der Waals surface area contributed by atoms with Crippen molar-refractivity contribution in [2.75, 3.05) is 30.7 Å². The molecule has 0 radical (unpaired) electrons. The van der Waals surface area contributed by atoms with Gasteiger partial charge in [0, 0.05) is 34.5 Å². The third-order valence-electron chi connectivity index (χ3n) is 5.69. The van der Waals surface area contributed by atoms with E-state index in [-0.39, 0.29) is 33.3 Å². The minimum Gasteiger partial charge on any atom is -0.508 e. The Morgan fingerprint density at radius 3 is 2.48 bits per heavy atom. The van der Waals surface area contributed by atoms with E-state index in [0.717, 1.165) is 37.0 Å². The molecule has 0 fully saturated rings. The first-order chi connectivity index (χ1) is 15.5. The van der Waals surface area contributed by atoms with Crippen molar-refractivity contribution in [3.05, 3.63) is 58.1 Å². The van der Waals surface area contributed by atoms with Crippen LogP contribution in [0.25, 0.3) is 0 Å². The van der Waals surface area contributed by atoms with Crippen molar-refractivity contribution in [1.29, 1.82) is 0 Å². The SMILES string of the molecule is CCN(CC)C[C@@H](O)CSC1C(=O)Nc2ccc(C(F)(F)F)cc2C1c1cc(Cl)ccc1O. The fourth-order valence-electron chi connectivity index (χ4n) is 3.95. The average molecular weight is 503 g/mol. The Morgan fingerprint density at radius 2 is 1.85 bits per heavy atom. The molecule has 180 valence electrons. The Labute approximate surface area is 199 Å². The summed E-state index contributed by atoms with van der Waals surface area (Å²) in [6.07, 6.45) is -5.31. The van der Waals surface area contributed by atoms with E-state index in [2.05, 4.69) is 5.32 Å². The van der Waals surface area contributed by atoms with Gasteiger partial charge in [-0.3, -0.25) is 4.79 Å². The number of aliphatic hydroxyl groups is 1. The minimum absolute atomic E-state index is 0.170. The number of halogens is 4. The maximum absolute atomic E-state index is 13.4. The van der Waals surface area contributed by atoms with Gasteiger partial charge in [-0.05, 0) is 55.1 Å². The summed E-state index contributed by atoms with van der Waals surface area (Å²) >= 11 is 7.27. The van der Waals surface area contributed by atoms with Gasteiger partial charge in [-0.2, -0.15) is 13.2 Å². The number of amides is 1. The lowest BCUT2D eigenvalue weighted by atomic mass is 9.83. The van der Waals surface area contributed by atoms with Crippen LogP contribution in [-0.4, -0.2) is 57.8 Å². The van der Waals surface area contributed by atoms with Gasteiger partial charge in [-0.1, -0.05) is 25.4 Å². The molecule has 1 amide bonds. The summed E-state index contributed by atoms with van der Waals surface area (Å²) in [5.74, 6) is -1.27. The Hall–Kier alpha value is -1.94. The summed E-state index contributed by atoms with van der Waals surface area (Å²) in [6, 6.07) is 7.42. The number of phenolic OH excluding ortho intramolecular Hbond substituents is 1. The number of fused-ring (bicyclic) bond motifs is 1. The highest BCUT2D eigenvalue weighted by atomic mass is 35.5. The van der Waals surface area contributed by atoms with Gasteiger partial charge in [0.25, 0.3) is 0 Å². The third-order valence-corrected chi connectivity index (χ3v) is 7.35. The number of phenols is 1. The van der Waals surface area contributed by atoms with Gasteiger partial charge >= 0.3 is 6.18 Å². The zero-order chi connectivity index (χ0) is 24.3. The van der Waals surface area contributed by atoms with Gasteiger partial charge < -0.3 is 20.4 Å². The van der Waals surface area contributed by atoms with Gasteiger partial charge in [0.2, 0.25) is 5.91 Å². The zero-order valence-corrected chi connectivity index (χ0v) is 19.8. The first kappa shape index (κ1) is 25.7. The number of nitrogens with one attached hydrogen (secondary N) is 1. The first-order valence-electron chi connectivity index (χ1n) is 10.6. The van der Waals surface area contributed by atoms with Crippen molar-refractivity contribution in [3.8, 4) is 5.75 Å². The van der Waals surface area contributed by atoms with Crippen LogP contribution in [0.3, 0.4) is 0 Å². The molecule has 3 rings (SSSR count). The number of anilines is 1. The number of alkyl halides is 3. The second-order valence-corrected chi connectivity index (χ2v) is 9.47. The molecule has 2 aromatic carbocycles. The molecule has 2 unspecified atom stereocenters. The molecule has 1 heterocycles. The van der Waals surface area contributed by atoms with Crippen LogP contribution in [0.4, 0.5) is 18.9 Å². The molecule has 1 aliphatic heterocycles. The van der Waals surface area contributed by atoms with E-state index in [1.54, 1.807) is 0 Å². The fraction of sp³-hybridized carbons (Fsp3) is 0.435. The number of carbonyl (C=O) groups excluding carboxylic acids is 1. The summed E-state index contributed by atoms with van der Waals surface area (Å²) in [5, 5.41) is 23.1. The molecule has 1 aliphatic rings. The van der Waals surface area contributed by atoms with Crippen molar-refractivity contribution in [2.24, 2.45) is 0 Å². The lowest BCUT2D eigenvalue weighted by Gasteiger charge is -2.34. The van der Waals surface area contributed by atoms with Crippen molar-refractivity contribution < 1.29 is 28.2 Å². The van der Waals surface area contributed by atoms with Crippen LogP contribution in [0.15, 0.2) is 36.4 Å². The normalized spacial score (nSPS) is 19.3. The number of benzene rings is 2. The van der Waals surface area contributed by atoms with Crippen LogP contribution in [0.5, 0.6) is 5.75 Å². The van der Waals surface area contributed by atoms with Gasteiger partial charge in [0.1, 0.15) is 5.75 Å². The molecule has 5 nitrogen and oxygen atoms in total. The third kappa shape index (κ3) is 5.95. The standard InChI is InChI=1S/C23H26ClF3N2O3S/c1-3-29(4-2)11-15(30)12-33-21-20(17-10-14(24)6-8-19(17)31)16-9-13(23(25,26)27)5-7-18(16)28-22(21)32/h5-10,15,20-21,30-31H,3-4,11-12H2,1-2H3,(H,28,32)/t15-,20?,21?/m1/s1. The molecule has 3 N–H and O–H groups in total. The smallest absolute Gasteiger partial charge is 0.416 e. The molecule has 33 heavy (non-hydrogen) atoms. The van der Waals surface area contributed by atoms with Gasteiger partial charge in [0.05, 0.1) is 16.9 Å². The van der Waals surface area contributed by atoms with E-state index in [1.165, 1.54) is 24.3 Å². The number of hydrogen-bond donors (Lipinski definition) is 3. The fourth-order valence-corrected chi connectivity index (χ4v) is 5.36. The van der Waals surface area contributed by atoms with E-state index >= 15 is 0 Å². The number of rotatable bonds is 8. The Balaban J connectivity index is 2.01. The monoisotopic (exact) mass is 502 g/mol. The van der Waals surface area contributed by atoms with Crippen LogP contribution in [0.2, 0.25) is 5.02 Å². The second-order valence-electron chi connectivity index (χ2n) is 7.86. The Bertz CT molecular complexity index is 1000. The van der Waals surface area contributed by atoms with E-state index < -0.39 is 34.9 Å². The number of thioether (sulfide) groups is 1. The highest BCUT2D eigenvalue weighted by molar-refractivity contribution is 8.00. The quantitative estimate of drug-likeness (QED) is 0.476. The van der Waals surface area contributed by atoms with Crippen molar-refractivity contribution >= 4 is 35.0 Å². The van der Waals surface area contributed by atoms with E-state index in [4.69, 9.17) is 11.6 Å². The predicted molar refractivity (Wildman–Crippen MR) is 125 cm³/mol. The predicted octanol–water partition coefficient (Wildman–Crippen LogP) is 4.95. The van der Waals surface area contributed by atoms with Crippen LogP contribution in [0.1, 0.15) is 36.5 Å². The highest BCUT2D eigenvalue weighted by Crippen LogP contribution is 2.47. The van der Waals surface area contributed by atoms with Crippen molar-refractivity contribution in [2.45, 2.75) is 37.3 Å². The molecule has 3 atom stereocenters. The lowest BCUT2D eigenvalue weighted by Crippen LogP contribution is -2.39. The molecule has 0 aliphatic carbocycles. The number of nitrogens with zero attached hydrogens (tertiary/aromatic N) is 1. The van der Waals surface area contributed by atoms with E-state index in [0.29, 0.717) is 6.54 Å². The second kappa shape index (κ2) is 10.5. The lowest BCUT2D eigenvalue weighted by molar-refractivity contribution is -0.137. The number of likely N-dealkylation sites (N-methyl/N-ethyl adjacent to an activating group) is 1. The molecule has 0 saturated carbocycles. The molecule has 0 bridgehead atoms. The van der Waals surface area contributed by atoms with Gasteiger partial charge in [-0.15, -0.1) is 11.8 Å². The van der Waals surface area contributed by atoms with Crippen LogP contribution < -0.4 is 5.32 Å². The first-order valence-corrected chi connectivity index (χ1v) is 12.0. The molecule has 0 aromatic heterocycles. The van der Waals surface area contributed by atoms with Crippen molar-refractivity contribution in [3.63, 3.8) is 0 Å². The van der Waals surface area contributed by atoms with Crippen LogP contribution in [-0.2, 0) is 11.0 Å². The van der Waals surface area contributed by atoms with Gasteiger partial charge in [-0.25, -0.2) is 0 Å². The van der Waals surface area contributed by atoms with Crippen molar-refractivity contribution in [1.82, 2.24) is 4.90 Å². The van der Waals surface area contributed by atoms with E-state index in [9.17, 15) is 28.2 Å². The topological polar surface area (TPSA) is 72.8 Å². The molecule has 0 saturated heterocycles. The molecule has 0 spiro atoms. The highest BCUT2D eigenvalue weighted by Gasteiger charge is 2.41. The summed E-state index contributed by atoms with van der Waals surface area (Å²) in [5.41, 5.74) is -0.112. The summed E-state index contributed by atoms with van der Waals surface area (Å²) in [6.45, 7) is 5.88. The number of carbonyl (C=O) groups is 1. The molecule has 2 aromatic rings. The zero-order valence-electron chi connectivity index (χ0n) is 18.2. The number of aliphatic hydroxyl groups excluding tert-OH is 1. The molecular formula is C23H26ClF3N2O3S. The largest absolute Gasteiger partial charge is 0.508 e. The Kier molecular flexibility index (Phi) is 8.21. The van der Waals surface area contributed by atoms with E-state index in [1.807, 2.05) is 18.7 Å². The summed E-state index contributed by atoms with van der Waals surface area (Å²) in [7, 11) is 0. The maximum Gasteiger partial charge on any atom is 0.416 e. The molecule has 10 heteroatoms. The minimum atomic E-state index is -4.57.